The fourth-order valence-corrected chi connectivity index (χ4v) is 4.22. The minimum absolute atomic E-state index is 0.157. The van der Waals surface area contributed by atoms with Crippen LogP contribution in [0, 0.1) is 6.92 Å². The number of hydrogen-bond acceptors (Lipinski definition) is 4. The van der Waals surface area contributed by atoms with Crippen molar-refractivity contribution in [2.45, 2.75) is 20.0 Å². The molecule has 0 amide bonds. The molecule has 1 aliphatic rings. The monoisotopic (exact) mass is 421 g/mol. The SMILES string of the molecule is Cc1ccc(N2CCn3c2nc2c3c(=O)n(Cc3cccc(Cl)c3)c(=O)n2C)cc1. The van der Waals surface area contributed by atoms with E-state index in [9.17, 15) is 9.59 Å². The number of fused-ring (bicyclic) bond motifs is 3. The lowest BCUT2D eigenvalue weighted by Gasteiger charge is -2.16. The third-order valence-corrected chi connectivity index (χ3v) is 5.81. The fourth-order valence-electron chi connectivity index (χ4n) is 4.00. The average molecular weight is 422 g/mol. The first-order valence-corrected chi connectivity index (χ1v) is 10.1. The van der Waals surface area contributed by atoms with Crippen molar-refractivity contribution in [2.24, 2.45) is 7.05 Å². The van der Waals surface area contributed by atoms with E-state index in [0.29, 0.717) is 28.7 Å². The Labute approximate surface area is 177 Å². The van der Waals surface area contributed by atoms with Gasteiger partial charge in [0.15, 0.2) is 11.2 Å². The predicted molar refractivity (Wildman–Crippen MR) is 118 cm³/mol. The minimum Gasteiger partial charge on any atom is -0.310 e. The summed E-state index contributed by atoms with van der Waals surface area (Å²) in [4.78, 5) is 33.0. The van der Waals surface area contributed by atoms with Crippen LogP contribution in [0.5, 0.6) is 0 Å². The number of aromatic nitrogens is 4. The Hall–Kier alpha value is -3.32. The van der Waals surface area contributed by atoms with Crippen LogP contribution < -0.4 is 16.1 Å². The first kappa shape index (κ1) is 18.7. The zero-order valence-corrected chi connectivity index (χ0v) is 17.4. The molecule has 0 atom stereocenters. The number of nitrogens with zero attached hydrogens (tertiary/aromatic N) is 5. The van der Waals surface area contributed by atoms with Gasteiger partial charge in [0, 0.05) is 30.8 Å². The van der Waals surface area contributed by atoms with Crippen LogP contribution in [-0.2, 0) is 20.1 Å². The Morgan fingerprint density at radius 2 is 1.83 bits per heavy atom. The van der Waals surface area contributed by atoms with Crippen LogP contribution in [-0.4, -0.2) is 25.2 Å². The van der Waals surface area contributed by atoms with Crippen LogP contribution in [0.4, 0.5) is 11.6 Å². The number of rotatable bonds is 3. The molecule has 0 bridgehead atoms. The zero-order valence-electron chi connectivity index (χ0n) is 16.7. The van der Waals surface area contributed by atoms with Crippen molar-refractivity contribution in [3.63, 3.8) is 0 Å². The maximum Gasteiger partial charge on any atom is 0.332 e. The van der Waals surface area contributed by atoms with Crippen molar-refractivity contribution in [3.05, 3.63) is 85.5 Å². The molecular weight excluding hydrogens is 402 g/mol. The highest BCUT2D eigenvalue weighted by molar-refractivity contribution is 6.30. The van der Waals surface area contributed by atoms with Gasteiger partial charge in [-0.3, -0.25) is 13.9 Å². The number of imidazole rings is 1. The summed E-state index contributed by atoms with van der Waals surface area (Å²) in [5.74, 6) is 0.682. The van der Waals surface area contributed by atoms with Crippen LogP contribution in [0.2, 0.25) is 5.02 Å². The molecule has 30 heavy (non-hydrogen) atoms. The van der Waals surface area contributed by atoms with Gasteiger partial charge >= 0.3 is 5.69 Å². The van der Waals surface area contributed by atoms with E-state index in [1.165, 1.54) is 14.7 Å². The van der Waals surface area contributed by atoms with Crippen molar-refractivity contribution in [1.82, 2.24) is 18.7 Å². The van der Waals surface area contributed by atoms with E-state index in [-0.39, 0.29) is 12.1 Å². The lowest BCUT2D eigenvalue weighted by atomic mass is 10.2. The van der Waals surface area contributed by atoms with Gasteiger partial charge in [-0.2, -0.15) is 4.98 Å². The molecule has 0 fully saturated rings. The van der Waals surface area contributed by atoms with E-state index in [0.717, 1.165) is 17.8 Å². The Morgan fingerprint density at radius 3 is 2.57 bits per heavy atom. The topological polar surface area (TPSA) is 65.1 Å². The van der Waals surface area contributed by atoms with Crippen LogP contribution in [0.1, 0.15) is 11.1 Å². The zero-order chi connectivity index (χ0) is 21.0. The lowest BCUT2D eigenvalue weighted by molar-refractivity contribution is 0.652. The standard InChI is InChI=1S/C22H20ClN5O2/c1-14-6-8-17(9-7-14)26-10-11-27-18-19(24-21(26)27)25(2)22(30)28(20(18)29)13-15-4-3-5-16(23)12-15/h3-9,12H,10-11,13H2,1-2H3. The first-order valence-electron chi connectivity index (χ1n) is 9.73. The molecule has 152 valence electrons. The van der Waals surface area contributed by atoms with E-state index in [2.05, 4.69) is 9.88 Å². The van der Waals surface area contributed by atoms with Gasteiger partial charge < -0.3 is 9.47 Å². The summed E-state index contributed by atoms with van der Waals surface area (Å²) in [5.41, 5.74) is 3.10. The van der Waals surface area contributed by atoms with Crippen molar-refractivity contribution < 1.29 is 0 Å². The van der Waals surface area contributed by atoms with Crippen molar-refractivity contribution in [1.29, 1.82) is 0 Å². The Kier molecular flexibility index (Phi) is 4.29. The highest BCUT2D eigenvalue weighted by Gasteiger charge is 2.28. The van der Waals surface area contributed by atoms with Crippen molar-refractivity contribution in [2.75, 3.05) is 11.4 Å². The number of hydrogen-bond donors (Lipinski definition) is 0. The first-order chi connectivity index (χ1) is 14.4. The lowest BCUT2D eigenvalue weighted by Crippen LogP contribution is -2.40. The highest BCUT2D eigenvalue weighted by atomic mass is 35.5. The smallest absolute Gasteiger partial charge is 0.310 e. The van der Waals surface area contributed by atoms with Crippen LogP contribution in [0.25, 0.3) is 11.2 Å². The third kappa shape index (κ3) is 2.85. The summed E-state index contributed by atoms with van der Waals surface area (Å²) in [6.45, 7) is 3.55. The van der Waals surface area contributed by atoms with E-state index in [1.807, 2.05) is 47.9 Å². The van der Waals surface area contributed by atoms with Crippen molar-refractivity contribution >= 4 is 34.4 Å². The molecule has 0 aliphatic carbocycles. The molecule has 0 N–H and O–H groups in total. The molecule has 2 aromatic heterocycles. The van der Waals surface area contributed by atoms with Gasteiger partial charge in [0.1, 0.15) is 0 Å². The molecule has 0 saturated carbocycles. The third-order valence-electron chi connectivity index (χ3n) is 5.58. The molecule has 4 aromatic rings. The van der Waals surface area contributed by atoms with Crippen molar-refractivity contribution in [3.8, 4) is 0 Å². The van der Waals surface area contributed by atoms with Gasteiger partial charge in [0.25, 0.3) is 5.56 Å². The van der Waals surface area contributed by atoms with E-state index >= 15 is 0 Å². The van der Waals surface area contributed by atoms with Gasteiger partial charge in [-0.1, -0.05) is 41.4 Å². The molecule has 8 heteroatoms. The molecule has 0 unspecified atom stereocenters. The maximum atomic E-state index is 13.3. The molecule has 7 nitrogen and oxygen atoms in total. The van der Waals surface area contributed by atoms with Gasteiger partial charge in [0.05, 0.1) is 6.54 Å². The maximum absolute atomic E-state index is 13.3. The molecule has 1 aliphatic heterocycles. The summed E-state index contributed by atoms with van der Waals surface area (Å²) in [6.07, 6.45) is 0. The number of benzene rings is 2. The van der Waals surface area contributed by atoms with E-state index < -0.39 is 5.69 Å². The van der Waals surface area contributed by atoms with E-state index in [4.69, 9.17) is 11.6 Å². The second kappa shape index (κ2) is 6.88. The van der Waals surface area contributed by atoms with Gasteiger partial charge in [-0.15, -0.1) is 0 Å². The molecule has 2 aromatic carbocycles. The molecular formula is C22H20ClN5O2. The van der Waals surface area contributed by atoms with Crippen LogP contribution >= 0.6 is 11.6 Å². The average Bonchev–Trinajstić information content (AvgIpc) is 3.30. The Balaban J connectivity index is 1.67. The fraction of sp³-hybridized carbons (Fsp3) is 0.227. The van der Waals surface area contributed by atoms with Gasteiger partial charge in [-0.25, -0.2) is 4.79 Å². The number of aryl methyl sites for hydroxylation is 2. The van der Waals surface area contributed by atoms with Crippen LogP contribution in [0.3, 0.4) is 0 Å². The molecule has 0 saturated heterocycles. The summed E-state index contributed by atoms with van der Waals surface area (Å²) < 4.78 is 4.60. The quantitative estimate of drug-likeness (QED) is 0.510. The second-order valence-electron chi connectivity index (χ2n) is 7.59. The van der Waals surface area contributed by atoms with E-state index in [1.54, 1.807) is 19.2 Å². The van der Waals surface area contributed by atoms with Crippen LogP contribution in [0.15, 0.2) is 58.1 Å². The minimum atomic E-state index is -0.397. The molecule has 5 rings (SSSR count). The Morgan fingerprint density at radius 1 is 1.07 bits per heavy atom. The molecule has 0 spiro atoms. The normalized spacial score (nSPS) is 13.2. The molecule has 3 heterocycles. The highest BCUT2D eigenvalue weighted by Crippen LogP contribution is 2.31. The predicted octanol–water partition coefficient (Wildman–Crippen LogP) is 3.06. The molecule has 0 radical (unpaired) electrons. The second-order valence-corrected chi connectivity index (χ2v) is 8.02. The summed E-state index contributed by atoms with van der Waals surface area (Å²) in [5, 5.41) is 0.567. The van der Waals surface area contributed by atoms with Gasteiger partial charge in [0.2, 0.25) is 5.95 Å². The summed E-state index contributed by atoms with van der Waals surface area (Å²) in [6, 6.07) is 15.4. The summed E-state index contributed by atoms with van der Waals surface area (Å²) >= 11 is 6.07. The van der Waals surface area contributed by atoms with Gasteiger partial charge in [-0.05, 0) is 36.8 Å². The number of halogens is 1. The number of anilines is 2. The summed E-state index contributed by atoms with van der Waals surface area (Å²) in [7, 11) is 1.65. The Bertz CT molecular complexity index is 1400. The largest absolute Gasteiger partial charge is 0.332 e.